The van der Waals surface area contributed by atoms with Gasteiger partial charge >= 0.3 is 0 Å². The largest absolute Gasteiger partial charge is 0.496 e. The maximum Gasteiger partial charge on any atom is 0.122 e. The topological polar surface area (TPSA) is 68.4 Å². The fourth-order valence-electron chi connectivity index (χ4n) is 2.28. The predicted molar refractivity (Wildman–Crippen MR) is 81.3 cm³/mol. The van der Waals surface area contributed by atoms with Crippen LogP contribution in [-0.2, 0) is 0 Å². The number of benzene rings is 1. The molecule has 2 rings (SSSR count). The molecule has 0 aliphatic heterocycles. The van der Waals surface area contributed by atoms with Crippen LogP contribution in [-0.4, -0.2) is 23.7 Å². The molecule has 0 saturated heterocycles. The zero-order chi connectivity index (χ0) is 14.7. The van der Waals surface area contributed by atoms with Crippen LogP contribution in [0.2, 0.25) is 0 Å². The molecule has 3 N–H and O–H groups in total. The van der Waals surface area contributed by atoms with Crippen LogP contribution in [0.3, 0.4) is 0 Å². The highest BCUT2D eigenvalue weighted by Crippen LogP contribution is 2.37. The van der Waals surface area contributed by atoms with Crippen molar-refractivity contribution in [2.45, 2.75) is 25.9 Å². The standard InChI is InChI=1S/C15H20N2O2S/c1-9-4-5-13(19-3)11(6-9)12(7-16)15(18)14-8-17-10(2)20-14/h4-6,8,12,15,18H,7,16H2,1-3H3. The van der Waals surface area contributed by atoms with Gasteiger partial charge in [0.05, 0.1) is 23.1 Å². The van der Waals surface area contributed by atoms with Crippen LogP contribution in [0.15, 0.2) is 24.4 Å². The molecular weight excluding hydrogens is 272 g/mol. The van der Waals surface area contributed by atoms with Crippen LogP contribution in [0.25, 0.3) is 0 Å². The van der Waals surface area contributed by atoms with Crippen LogP contribution in [0.5, 0.6) is 5.75 Å². The van der Waals surface area contributed by atoms with E-state index in [1.54, 1.807) is 13.3 Å². The summed E-state index contributed by atoms with van der Waals surface area (Å²) in [7, 11) is 1.63. The molecular formula is C15H20N2O2S. The van der Waals surface area contributed by atoms with Crippen molar-refractivity contribution in [2.75, 3.05) is 13.7 Å². The normalized spacial score (nSPS) is 14.1. The second-order valence-corrected chi connectivity index (χ2v) is 6.08. The van der Waals surface area contributed by atoms with E-state index < -0.39 is 6.10 Å². The Morgan fingerprint density at radius 3 is 2.70 bits per heavy atom. The molecule has 1 heterocycles. The van der Waals surface area contributed by atoms with Crippen LogP contribution in [0.4, 0.5) is 0 Å². The number of hydrogen-bond acceptors (Lipinski definition) is 5. The number of aliphatic hydroxyl groups excluding tert-OH is 1. The Kier molecular flexibility index (Phi) is 4.75. The van der Waals surface area contributed by atoms with E-state index in [1.807, 2.05) is 32.0 Å². The van der Waals surface area contributed by atoms with E-state index in [9.17, 15) is 5.11 Å². The Morgan fingerprint density at radius 1 is 1.40 bits per heavy atom. The molecule has 0 amide bonds. The highest BCUT2D eigenvalue weighted by atomic mass is 32.1. The number of ether oxygens (including phenoxy) is 1. The molecule has 1 aromatic heterocycles. The maximum absolute atomic E-state index is 10.6. The molecule has 0 radical (unpaired) electrons. The Labute approximate surface area is 123 Å². The highest BCUT2D eigenvalue weighted by molar-refractivity contribution is 7.11. The van der Waals surface area contributed by atoms with Crippen molar-refractivity contribution in [3.8, 4) is 5.75 Å². The van der Waals surface area contributed by atoms with Crippen molar-refractivity contribution < 1.29 is 9.84 Å². The molecule has 1 aromatic carbocycles. The van der Waals surface area contributed by atoms with Gasteiger partial charge in [-0.3, -0.25) is 0 Å². The number of aliphatic hydroxyl groups is 1. The highest BCUT2D eigenvalue weighted by Gasteiger charge is 2.26. The molecule has 0 aliphatic carbocycles. The summed E-state index contributed by atoms with van der Waals surface area (Å²) in [5, 5.41) is 11.5. The van der Waals surface area contributed by atoms with Crippen LogP contribution < -0.4 is 10.5 Å². The van der Waals surface area contributed by atoms with Gasteiger partial charge in [0.2, 0.25) is 0 Å². The fraction of sp³-hybridized carbons (Fsp3) is 0.400. The average molecular weight is 292 g/mol. The van der Waals surface area contributed by atoms with Crippen molar-refractivity contribution >= 4 is 11.3 Å². The molecule has 2 aromatic rings. The second kappa shape index (κ2) is 6.35. The lowest BCUT2D eigenvalue weighted by Gasteiger charge is -2.23. The number of thiazole rings is 1. The van der Waals surface area contributed by atoms with Gasteiger partial charge in [-0.2, -0.15) is 0 Å². The summed E-state index contributed by atoms with van der Waals surface area (Å²) in [5.74, 6) is 0.552. The van der Waals surface area contributed by atoms with Crippen molar-refractivity contribution in [1.82, 2.24) is 4.98 Å². The molecule has 0 fully saturated rings. The molecule has 0 saturated carbocycles. The van der Waals surface area contributed by atoms with Gasteiger partial charge in [-0.05, 0) is 19.9 Å². The number of nitrogens with zero attached hydrogens (tertiary/aromatic N) is 1. The minimum atomic E-state index is -0.665. The quantitative estimate of drug-likeness (QED) is 0.888. The second-order valence-electron chi connectivity index (χ2n) is 4.81. The van der Waals surface area contributed by atoms with E-state index in [-0.39, 0.29) is 5.92 Å². The van der Waals surface area contributed by atoms with E-state index in [0.29, 0.717) is 6.54 Å². The molecule has 0 bridgehead atoms. The third kappa shape index (κ3) is 3.00. The summed E-state index contributed by atoms with van der Waals surface area (Å²) in [6, 6.07) is 5.92. The van der Waals surface area contributed by atoms with Crippen LogP contribution >= 0.6 is 11.3 Å². The number of methoxy groups -OCH3 is 1. The zero-order valence-electron chi connectivity index (χ0n) is 12.0. The Bertz CT molecular complexity index is 583. The smallest absolute Gasteiger partial charge is 0.122 e. The fourth-order valence-corrected chi connectivity index (χ4v) is 3.12. The Morgan fingerprint density at radius 2 is 2.15 bits per heavy atom. The number of aromatic nitrogens is 1. The summed E-state index contributed by atoms with van der Waals surface area (Å²) < 4.78 is 5.40. The van der Waals surface area contributed by atoms with Gasteiger partial charge in [0.1, 0.15) is 5.75 Å². The first kappa shape index (κ1) is 15.0. The molecule has 2 atom stereocenters. The van der Waals surface area contributed by atoms with E-state index in [2.05, 4.69) is 4.98 Å². The van der Waals surface area contributed by atoms with Crippen molar-refractivity contribution in [3.63, 3.8) is 0 Å². The lowest BCUT2D eigenvalue weighted by molar-refractivity contribution is 0.149. The number of hydrogen-bond donors (Lipinski definition) is 2. The monoisotopic (exact) mass is 292 g/mol. The minimum Gasteiger partial charge on any atom is -0.496 e. The van der Waals surface area contributed by atoms with Gasteiger partial charge in [-0.1, -0.05) is 17.7 Å². The van der Waals surface area contributed by atoms with Crippen molar-refractivity contribution in [3.05, 3.63) is 45.4 Å². The molecule has 0 spiro atoms. The third-order valence-electron chi connectivity index (χ3n) is 3.35. The van der Waals surface area contributed by atoms with E-state index >= 15 is 0 Å². The molecule has 20 heavy (non-hydrogen) atoms. The summed E-state index contributed by atoms with van der Waals surface area (Å²) in [6.45, 7) is 4.28. The van der Waals surface area contributed by atoms with Gasteiger partial charge in [0.25, 0.3) is 0 Å². The predicted octanol–water partition coefficient (Wildman–Crippen LogP) is 2.54. The lowest BCUT2D eigenvalue weighted by Crippen LogP contribution is -2.20. The van der Waals surface area contributed by atoms with Crippen LogP contribution in [0, 0.1) is 13.8 Å². The zero-order valence-corrected chi connectivity index (χ0v) is 12.8. The molecule has 2 unspecified atom stereocenters. The van der Waals surface area contributed by atoms with Gasteiger partial charge in [0, 0.05) is 24.2 Å². The van der Waals surface area contributed by atoms with Crippen molar-refractivity contribution in [2.24, 2.45) is 5.73 Å². The summed E-state index contributed by atoms with van der Waals surface area (Å²) in [4.78, 5) is 5.03. The number of nitrogens with two attached hydrogens (primary N) is 1. The minimum absolute atomic E-state index is 0.204. The van der Waals surface area contributed by atoms with Gasteiger partial charge in [-0.25, -0.2) is 4.98 Å². The van der Waals surface area contributed by atoms with E-state index in [0.717, 1.165) is 26.8 Å². The maximum atomic E-state index is 10.6. The van der Waals surface area contributed by atoms with Gasteiger partial charge < -0.3 is 15.6 Å². The van der Waals surface area contributed by atoms with Gasteiger partial charge in [0.15, 0.2) is 0 Å². The number of aryl methyl sites for hydroxylation is 2. The summed E-state index contributed by atoms with van der Waals surface area (Å²) in [6.07, 6.45) is 1.05. The van der Waals surface area contributed by atoms with Crippen molar-refractivity contribution in [1.29, 1.82) is 0 Å². The third-order valence-corrected chi connectivity index (χ3v) is 4.33. The first-order valence-electron chi connectivity index (χ1n) is 6.51. The van der Waals surface area contributed by atoms with Crippen LogP contribution in [0.1, 0.15) is 33.0 Å². The first-order valence-corrected chi connectivity index (χ1v) is 7.33. The Hall–Kier alpha value is -1.43. The Balaban J connectivity index is 2.39. The summed E-state index contributed by atoms with van der Waals surface area (Å²) >= 11 is 1.49. The SMILES string of the molecule is COc1ccc(C)cc1C(CN)C(O)c1cnc(C)s1. The first-order chi connectivity index (χ1) is 9.56. The molecule has 4 nitrogen and oxygen atoms in total. The number of rotatable bonds is 5. The van der Waals surface area contributed by atoms with E-state index in [1.165, 1.54) is 11.3 Å². The molecule has 0 aliphatic rings. The molecule has 5 heteroatoms. The van der Waals surface area contributed by atoms with E-state index in [4.69, 9.17) is 10.5 Å². The summed E-state index contributed by atoms with van der Waals surface area (Å²) in [5.41, 5.74) is 7.95. The molecule has 108 valence electrons. The average Bonchev–Trinajstić information content (AvgIpc) is 2.86. The lowest BCUT2D eigenvalue weighted by atomic mass is 9.91. The van der Waals surface area contributed by atoms with Gasteiger partial charge in [-0.15, -0.1) is 11.3 Å².